The van der Waals surface area contributed by atoms with Crippen molar-refractivity contribution in [3.05, 3.63) is 17.0 Å². The lowest BCUT2D eigenvalue weighted by atomic mass is 10.1. The highest BCUT2D eigenvalue weighted by atomic mass is 35.5. The Hall–Kier alpha value is -0.870. The van der Waals surface area contributed by atoms with E-state index in [-0.39, 0.29) is 0 Å². The predicted octanol–water partition coefficient (Wildman–Crippen LogP) is 3.65. The van der Waals surface area contributed by atoms with Crippen molar-refractivity contribution in [2.75, 3.05) is 24.6 Å². The third kappa shape index (κ3) is 4.07. The molecule has 1 unspecified atom stereocenters. The first-order chi connectivity index (χ1) is 10.1. The van der Waals surface area contributed by atoms with Gasteiger partial charge in [0, 0.05) is 31.7 Å². The van der Waals surface area contributed by atoms with Crippen LogP contribution in [0.1, 0.15) is 51.3 Å². The largest absolute Gasteiger partial charge is 0.376 e. The average Bonchev–Trinajstić information content (AvgIpc) is 3.18. The van der Waals surface area contributed by atoms with Gasteiger partial charge in [-0.1, -0.05) is 25.4 Å². The topological polar surface area (TPSA) is 38.2 Å². The molecule has 0 N–H and O–H groups in total. The van der Waals surface area contributed by atoms with Crippen LogP contribution in [0.3, 0.4) is 0 Å². The summed E-state index contributed by atoms with van der Waals surface area (Å²) in [5.74, 6) is 3.11. The van der Waals surface area contributed by atoms with Gasteiger partial charge in [0.05, 0.1) is 6.10 Å². The summed E-state index contributed by atoms with van der Waals surface area (Å²) in [6.45, 7) is 7.21. The maximum absolute atomic E-state index is 6.15. The van der Waals surface area contributed by atoms with Gasteiger partial charge in [-0.25, -0.2) is 9.97 Å². The second-order valence-corrected chi connectivity index (χ2v) is 6.98. The van der Waals surface area contributed by atoms with Crippen LogP contribution < -0.4 is 4.90 Å². The van der Waals surface area contributed by atoms with Gasteiger partial charge in [-0.3, -0.25) is 0 Å². The molecule has 2 aliphatic rings. The molecule has 5 heteroatoms. The van der Waals surface area contributed by atoms with E-state index in [0.29, 0.717) is 23.1 Å². The van der Waals surface area contributed by atoms with Gasteiger partial charge in [-0.05, 0) is 31.6 Å². The van der Waals surface area contributed by atoms with Crippen molar-refractivity contribution in [2.45, 2.75) is 51.6 Å². The lowest BCUT2D eigenvalue weighted by molar-refractivity contribution is 0.0609. The number of rotatable bonds is 6. The van der Waals surface area contributed by atoms with E-state index in [1.807, 2.05) is 6.07 Å². The van der Waals surface area contributed by atoms with Crippen molar-refractivity contribution in [1.82, 2.24) is 9.97 Å². The standard InChI is InChI=1S/C16H24ClN3O/c1-11(2)6-8-21-13-5-7-20(10-13)15-9-14(17)18-16(19-15)12-3-4-12/h9,11-13H,3-8,10H2,1-2H3. The maximum atomic E-state index is 6.15. The molecule has 21 heavy (non-hydrogen) atoms. The Morgan fingerprint density at radius 2 is 2.14 bits per heavy atom. The summed E-state index contributed by atoms with van der Waals surface area (Å²) in [5, 5.41) is 0.561. The number of nitrogens with zero attached hydrogens (tertiary/aromatic N) is 3. The highest BCUT2D eigenvalue weighted by Crippen LogP contribution is 2.39. The number of hydrogen-bond donors (Lipinski definition) is 0. The van der Waals surface area contributed by atoms with E-state index in [0.717, 1.165) is 44.2 Å². The molecule has 1 saturated carbocycles. The van der Waals surface area contributed by atoms with E-state index >= 15 is 0 Å². The summed E-state index contributed by atoms with van der Waals surface area (Å²) in [4.78, 5) is 11.3. The van der Waals surface area contributed by atoms with Crippen LogP contribution in [0.2, 0.25) is 5.15 Å². The van der Waals surface area contributed by atoms with Crippen molar-refractivity contribution in [2.24, 2.45) is 5.92 Å². The first kappa shape index (κ1) is 15.0. The van der Waals surface area contributed by atoms with E-state index in [1.54, 1.807) is 0 Å². The molecule has 4 nitrogen and oxygen atoms in total. The van der Waals surface area contributed by atoms with Crippen molar-refractivity contribution in [3.63, 3.8) is 0 Å². The second-order valence-electron chi connectivity index (χ2n) is 6.59. The van der Waals surface area contributed by atoms with E-state index in [4.69, 9.17) is 21.3 Å². The molecule has 0 bridgehead atoms. The summed E-state index contributed by atoms with van der Waals surface area (Å²) in [7, 11) is 0. The molecular formula is C16H24ClN3O. The smallest absolute Gasteiger partial charge is 0.135 e. The van der Waals surface area contributed by atoms with Crippen LogP contribution in [0, 0.1) is 5.92 Å². The van der Waals surface area contributed by atoms with Crippen LogP contribution in [0.15, 0.2) is 6.07 Å². The minimum absolute atomic E-state index is 0.321. The van der Waals surface area contributed by atoms with Gasteiger partial charge >= 0.3 is 0 Å². The van der Waals surface area contributed by atoms with Crippen molar-refractivity contribution in [1.29, 1.82) is 0 Å². The predicted molar refractivity (Wildman–Crippen MR) is 85.0 cm³/mol. The SMILES string of the molecule is CC(C)CCOC1CCN(c2cc(Cl)nc(C3CC3)n2)C1. The minimum Gasteiger partial charge on any atom is -0.376 e. The third-order valence-corrected chi connectivity index (χ3v) is 4.35. The van der Waals surface area contributed by atoms with Gasteiger partial charge in [0.15, 0.2) is 0 Å². The lowest BCUT2D eigenvalue weighted by Crippen LogP contribution is -2.24. The van der Waals surface area contributed by atoms with Crippen LogP contribution in [0.25, 0.3) is 0 Å². The van der Waals surface area contributed by atoms with E-state index in [1.165, 1.54) is 12.8 Å². The fourth-order valence-corrected chi connectivity index (χ4v) is 2.84. The van der Waals surface area contributed by atoms with Crippen LogP contribution in [0.5, 0.6) is 0 Å². The summed E-state index contributed by atoms with van der Waals surface area (Å²) in [6, 6.07) is 1.88. The highest BCUT2D eigenvalue weighted by molar-refractivity contribution is 6.29. The van der Waals surface area contributed by atoms with Gasteiger partial charge in [0.2, 0.25) is 0 Å². The molecule has 1 aromatic heterocycles. The first-order valence-corrected chi connectivity index (χ1v) is 8.40. The second kappa shape index (κ2) is 6.49. The van der Waals surface area contributed by atoms with Gasteiger partial charge in [0.1, 0.15) is 16.8 Å². The average molecular weight is 310 g/mol. The summed E-state index contributed by atoms with van der Waals surface area (Å²) < 4.78 is 5.97. The summed E-state index contributed by atoms with van der Waals surface area (Å²) in [5.41, 5.74) is 0. The molecule has 1 atom stereocenters. The molecule has 1 aromatic rings. The Bertz CT molecular complexity index is 490. The van der Waals surface area contributed by atoms with Gasteiger partial charge < -0.3 is 9.64 Å². The van der Waals surface area contributed by atoms with Crippen molar-refractivity contribution < 1.29 is 4.74 Å². The molecule has 116 valence electrons. The normalized spacial score (nSPS) is 22.3. The molecule has 1 saturated heterocycles. The third-order valence-electron chi connectivity index (χ3n) is 4.16. The Morgan fingerprint density at radius 1 is 1.33 bits per heavy atom. The summed E-state index contributed by atoms with van der Waals surface area (Å²) >= 11 is 6.15. The Morgan fingerprint density at radius 3 is 2.86 bits per heavy atom. The Labute approximate surface area is 131 Å². The van der Waals surface area contributed by atoms with Crippen LogP contribution in [-0.2, 0) is 4.74 Å². The number of ether oxygens (including phenoxy) is 1. The molecular weight excluding hydrogens is 286 g/mol. The molecule has 0 spiro atoms. The van der Waals surface area contributed by atoms with E-state index < -0.39 is 0 Å². The number of hydrogen-bond acceptors (Lipinski definition) is 4. The van der Waals surface area contributed by atoms with Crippen molar-refractivity contribution >= 4 is 17.4 Å². The monoisotopic (exact) mass is 309 g/mol. The van der Waals surface area contributed by atoms with Gasteiger partial charge in [-0.15, -0.1) is 0 Å². The van der Waals surface area contributed by atoms with E-state index in [2.05, 4.69) is 23.7 Å². The Kier molecular flexibility index (Phi) is 4.65. The zero-order chi connectivity index (χ0) is 14.8. The molecule has 0 radical (unpaired) electrons. The number of anilines is 1. The van der Waals surface area contributed by atoms with Crippen LogP contribution in [-0.4, -0.2) is 35.8 Å². The molecule has 0 aromatic carbocycles. The molecule has 3 rings (SSSR count). The number of halogens is 1. The fraction of sp³-hybridized carbons (Fsp3) is 0.750. The molecule has 0 amide bonds. The Balaban J connectivity index is 1.58. The minimum atomic E-state index is 0.321. The highest BCUT2D eigenvalue weighted by Gasteiger charge is 2.29. The fourth-order valence-electron chi connectivity index (χ4n) is 2.65. The quantitative estimate of drug-likeness (QED) is 0.752. The number of aromatic nitrogens is 2. The molecule has 1 aliphatic heterocycles. The summed E-state index contributed by atoms with van der Waals surface area (Å²) in [6.07, 6.45) is 4.91. The molecule has 2 heterocycles. The molecule has 2 fully saturated rings. The zero-order valence-electron chi connectivity index (χ0n) is 12.9. The zero-order valence-corrected chi connectivity index (χ0v) is 13.6. The van der Waals surface area contributed by atoms with Gasteiger partial charge in [-0.2, -0.15) is 0 Å². The molecule has 1 aliphatic carbocycles. The van der Waals surface area contributed by atoms with Crippen LogP contribution in [0.4, 0.5) is 5.82 Å². The maximum Gasteiger partial charge on any atom is 0.135 e. The van der Waals surface area contributed by atoms with E-state index in [9.17, 15) is 0 Å². The van der Waals surface area contributed by atoms with Crippen LogP contribution >= 0.6 is 11.6 Å². The lowest BCUT2D eigenvalue weighted by Gasteiger charge is -2.18. The van der Waals surface area contributed by atoms with Gasteiger partial charge in [0.25, 0.3) is 0 Å². The first-order valence-electron chi connectivity index (χ1n) is 8.03. The van der Waals surface area contributed by atoms with Crippen molar-refractivity contribution in [3.8, 4) is 0 Å².